The quantitative estimate of drug-likeness (QED) is 0.160. The van der Waals surface area contributed by atoms with Crippen LogP contribution in [0.4, 0.5) is 4.79 Å². The van der Waals surface area contributed by atoms with Gasteiger partial charge in [0.15, 0.2) is 6.29 Å². The Balaban J connectivity index is 1.32. The number of oxazole rings is 1. The van der Waals surface area contributed by atoms with Crippen molar-refractivity contribution in [2.75, 3.05) is 13.2 Å². The van der Waals surface area contributed by atoms with Gasteiger partial charge < -0.3 is 54.6 Å². The lowest BCUT2D eigenvalue weighted by molar-refractivity contribution is -0.281. The van der Waals surface area contributed by atoms with Crippen LogP contribution in [0.2, 0.25) is 0 Å². The maximum absolute atomic E-state index is 13.7. The molecule has 2 aromatic carbocycles. The summed E-state index contributed by atoms with van der Waals surface area (Å²) in [5.41, 5.74) is 3.57. The Labute approximate surface area is 289 Å². The fraction of sp³-hybridized carbons (Fsp3) is 0.486. The molecule has 3 aromatic rings. The topological polar surface area (TPSA) is 211 Å². The van der Waals surface area contributed by atoms with Crippen molar-refractivity contribution in [3.05, 3.63) is 71.7 Å². The van der Waals surface area contributed by atoms with Crippen LogP contribution in [0.15, 0.2) is 59.1 Å². The first-order chi connectivity index (χ1) is 23.8. The van der Waals surface area contributed by atoms with E-state index in [1.165, 1.54) is 20.0 Å². The number of nitrogens with one attached hydrogen (secondary N) is 3. The number of aliphatic hydroxyl groups is 3. The second-order valence-corrected chi connectivity index (χ2v) is 13.2. The van der Waals surface area contributed by atoms with Crippen molar-refractivity contribution in [1.82, 2.24) is 20.9 Å². The summed E-state index contributed by atoms with van der Waals surface area (Å²) in [7, 11) is 0. The number of carbonyl (C=O) groups excluding carboxylic acids is 3. The average molecular weight is 697 g/mol. The lowest BCUT2D eigenvalue weighted by Crippen LogP contribution is -2.66. The zero-order chi connectivity index (χ0) is 36.2. The van der Waals surface area contributed by atoms with Crippen molar-refractivity contribution in [2.24, 2.45) is 0 Å². The summed E-state index contributed by atoms with van der Waals surface area (Å²) in [4.78, 5) is 43.1. The minimum atomic E-state index is -1.58. The highest BCUT2D eigenvalue weighted by Gasteiger charge is 2.47. The van der Waals surface area contributed by atoms with Crippen LogP contribution >= 0.6 is 0 Å². The molecule has 6 N–H and O–H groups in total. The molecule has 0 saturated carbocycles. The number of hydrogen-bond donors (Lipinski definition) is 6. The fourth-order valence-corrected chi connectivity index (χ4v) is 6.04. The van der Waals surface area contributed by atoms with E-state index in [0.717, 1.165) is 22.3 Å². The molecule has 1 aliphatic heterocycles. The zero-order valence-electron chi connectivity index (χ0n) is 28.5. The SMILES string of the molecule is CC(=O)N[C@H]1[C@@H](O[C@@H](C)[C@H](NC(=O)OCC2c3ccccc3-c3ccccc32)C(=O)NCc2ncc(OC(C)(C)C)o2)O[C@H](CO)[C@H](O)[C@@H]1O. The Bertz CT molecular complexity index is 1610. The van der Waals surface area contributed by atoms with Gasteiger partial charge in [0, 0.05) is 12.8 Å². The first kappa shape index (κ1) is 36.7. The minimum absolute atomic E-state index is 0.0189. The fourth-order valence-electron chi connectivity index (χ4n) is 6.04. The third kappa shape index (κ3) is 8.60. The van der Waals surface area contributed by atoms with E-state index in [2.05, 4.69) is 20.9 Å². The lowest BCUT2D eigenvalue weighted by Gasteiger charge is -2.43. The number of carbonyl (C=O) groups is 3. The number of alkyl carbamates (subject to hydrolysis) is 1. The van der Waals surface area contributed by atoms with Gasteiger partial charge in [0.2, 0.25) is 17.7 Å². The minimum Gasteiger partial charge on any atom is -0.458 e. The lowest BCUT2D eigenvalue weighted by atomic mass is 9.96. The van der Waals surface area contributed by atoms with Crippen molar-refractivity contribution >= 4 is 17.9 Å². The van der Waals surface area contributed by atoms with Crippen molar-refractivity contribution in [3.63, 3.8) is 0 Å². The monoisotopic (exact) mass is 696 g/mol. The Morgan fingerprint density at radius 3 is 2.24 bits per heavy atom. The number of ether oxygens (including phenoxy) is 4. The summed E-state index contributed by atoms with van der Waals surface area (Å²) < 4.78 is 28.6. The molecule has 0 spiro atoms. The normalized spacial score (nSPS) is 22.8. The first-order valence-corrected chi connectivity index (χ1v) is 16.3. The smallest absolute Gasteiger partial charge is 0.407 e. The molecule has 5 rings (SSSR count). The zero-order valence-corrected chi connectivity index (χ0v) is 28.5. The summed E-state index contributed by atoms with van der Waals surface area (Å²) in [6, 6.07) is 13.0. The molecule has 0 unspecified atom stereocenters. The number of aliphatic hydroxyl groups excluding tert-OH is 3. The van der Waals surface area contributed by atoms with Crippen LogP contribution in [-0.4, -0.2) is 99.8 Å². The summed E-state index contributed by atoms with van der Waals surface area (Å²) in [5, 5.41) is 38.6. The highest BCUT2D eigenvalue weighted by molar-refractivity contribution is 5.86. The molecule has 270 valence electrons. The molecule has 3 amide bonds. The number of hydrogen-bond acceptors (Lipinski definition) is 12. The van der Waals surface area contributed by atoms with Gasteiger partial charge in [-0.25, -0.2) is 9.78 Å². The predicted octanol–water partition coefficient (Wildman–Crippen LogP) is 1.72. The number of benzene rings is 2. The van der Waals surface area contributed by atoms with Gasteiger partial charge in [-0.3, -0.25) is 9.59 Å². The van der Waals surface area contributed by atoms with E-state index in [-0.39, 0.29) is 30.9 Å². The molecule has 1 aromatic heterocycles. The van der Waals surface area contributed by atoms with Crippen molar-refractivity contribution in [3.8, 4) is 17.1 Å². The molecule has 50 heavy (non-hydrogen) atoms. The Morgan fingerprint density at radius 1 is 1.00 bits per heavy atom. The summed E-state index contributed by atoms with van der Waals surface area (Å²) >= 11 is 0. The third-order valence-electron chi connectivity index (χ3n) is 8.32. The first-order valence-electron chi connectivity index (χ1n) is 16.3. The molecule has 0 radical (unpaired) electrons. The number of fused-ring (bicyclic) bond motifs is 3. The highest BCUT2D eigenvalue weighted by Crippen LogP contribution is 2.44. The van der Waals surface area contributed by atoms with E-state index in [1.54, 1.807) is 0 Å². The van der Waals surface area contributed by atoms with E-state index in [0.29, 0.717) is 0 Å². The van der Waals surface area contributed by atoms with Crippen LogP contribution < -0.4 is 20.7 Å². The molecule has 2 heterocycles. The van der Waals surface area contributed by atoms with E-state index < -0.39 is 72.9 Å². The van der Waals surface area contributed by atoms with Gasteiger partial charge in [-0.2, -0.15) is 0 Å². The van der Waals surface area contributed by atoms with Gasteiger partial charge in [0.1, 0.15) is 48.8 Å². The molecule has 1 fully saturated rings. The number of rotatable bonds is 12. The van der Waals surface area contributed by atoms with Crippen molar-refractivity contribution in [2.45, 2.75) is 95.5 Å². The molecule has 2 aliphatic rings. The van der Waals surface area contributed by atoms with E-state index >= 15 is 0 Å². The molecule has 1 saturated heterocycles. The second kappa shape index (κ2) is 15.6. The van der Waals surface area contributed by atoms with Crippen LogP contribution in [-0.2, 0) is 30.3 Å². The van der Waals surface area contributed by atoms with Gasteiger partial charge in [-0.15, -0.1) is 0 Å². The van der Waals surface area contributed by atoms with Crippen LogP contribution in [0.3, 0.4) is 0 Å². The summed E-state index contributed by atoms with van der Waals surface area (Å²) in [6.45, 7) is 7.33. The third-order valence-corrected chi connectivity index (χ3v) is 8.32. The van der Waals surface area contributed by atoms with E-state index in [9.17, 15) is 29.7 Å². The van der Waals surface area contributed by atoms with Crippen LogP contribution in [0.25, 0.3) is 11.1 Å². The maximum Gasteiger partial charge on any atom is 0.407 e. The Kier molecular flexibility index (Phi) is 11.4. The maximum atomic E-state index is 13.7. The van der Waals surface area contributed by atoms with Crippen LogP contribution in [0.1, 0.15) is 57.6 Å². The van der Waals surface area contributed by atoms with Gasteiger partial charge in [0.05, 0.1) is 19.3 Å². The molecule has 0 bridgehead atoms. The predicted molar refractivity (Wildman–Crippen MR) is 177 cm³/mol. The largest absolute Gasteiger partial charge is 0.458 e. The van der Waals surface area contributed by atoms with Gasteiger partial charge in [0.25, 0.3) is 0 Å². The van der Waals surface area contributed by atoms with Gasteiger partial charge >= 0.3 is 12.0 Å². The number of nitrogens with zero attached hydrogens (tertiary/aromatic N) is 1. The van der Waals surface area contributed by atoms with Crippen LogP contribution in [0.5, 0.6) is 5.95 Å². The summed E-state index contributed by atoms with van der Waals surface area (Å²) in [5.74, 6) is -1.21. The molecule has 7 atom stereocenters. The van der Waals surface area contributed by atoms with Gasteiger partial charge in [-0.1, -0.05) is 48.5 Å². The highest BCUT2D eigenvalue weighted by atomic mass is 16.7. The molecule has 15 nitrogen and oxygen atoms in total. The molecule has 1 aliphatic carbocycles. The van der Waals surface area contributed by atoms with Crippen molar-refractivity contribution < 1.29 is 53.1 Å². The standard InChI is InChI=1S/C35H44N4O11/c1-18(47-33-29(38-19(2)41)31(43)30(42)25(16-40)48-33)28(32(44)37-14-26-36-15-27(49-26)50-35(3,4)5)39-34(45)46-17-24-22-12-8-6-10-20(22)21-11-7-9-13-23(21)24/h6-13,15,18,24-25,28-31,33,40,42-43H,14,16-17H2,1-5H3,(H,37,44)(H,38,41)(H,39,45)/t18-,25+,28-,29+,30-,31+,33-/m0/s1. The second-order valence-electron chi connectivity index (χ2n) is 13.2. The average Bonchev–Trinajstić information content (AvgIpc) is 3.65. The van der Waals surface area contributed by atoms with Gasteiger partial charge in [-0.05, 0) is 49.9 Å². The molecular weight excluding hydrogens is 652 g/mol. The number of amides is 3. The van der Waals surface area contributed by atoms with E-state index in [4.69, 9.17) is 23.4 Å². The van der Waals surface area contributed by atoms with E-state index in [1.807, 2.05) is 69.3 Å². The van der Waals surface area contributed by atoms with Crippen molar-refractivity contribution in [1.29, 1.82) is 0 Å². The Hall–Kier alpha value is -4.54. The summed E-state index contributed by atoms with van der Waals surface area (Å²) in [6.07, 6.45) is -6.53. The molecule has 15 heteroatoms. The molecular formula is C35H44N4O11. The van der Waals surface area contributed by atoms with Crippen LogP contribution in [0, 0.1) is 0 Å². The Morgan fingerprint density at radius 2 is 1.64 bits per heavy atom. The number of aromatic nitrogens is 1.